The lowest BCUT2D eigenvalue weighted by Gasteiger charge is -2.70. The summed E-state index contributed by atoms with van der Waals surface area (Å²) < 4.78 is 0. The number of H-pyrrole nitrogens is 1. The Morgan fingerprint density at radius 2 is 1.74 bits per heavy atom. The highest BCUT2D eigenvalue weighted by Gasteiger charge is 2.69. The summed E-state index contributed by atoms with van der Waals surface area (Å²) in [6.07, 6.45) is 15.1. The van der Waals surface area contributed by atoms with E-state index in [2.05, 4.69) is 69.7 Å². The number of aromatic amines is 1. The Balaban J connectivity index is 1.29. The number of aromatic nitrogens is 2. The van der Waals surface area contributed by atoms with Crippen LogP contribution in [0.1, 0.15) is 118 Å². The van der Waals surface area contributed by atoms with Crippen molar-refractivity contribution >= 4 is 17.4 Å². The van der Waals surface area contributed by atoms with Crippen molar-refractivity contribution < 1.29 is 4.79 Å². The minimum atomic E-state index is -0.254. The molecule has 2 heterocycles. The molecule has 228 valence electrons. The van der Waals surface area contributed by atoms with Gasteiger partial charge in [-0.2, -0.15) is 5.10 Å². The maximum atomic E-state index is 14.4. The number of ketones is 1. The third-order valence-corrected chi connectivity index (χ3v) is 14.6. The Hall–Kier alpha value is -2.37. The number of Topliss-reactive ketones (excluding diaryl/α,β-unsaturated/α-hetero) is 1. The molecule has 42 heavy (non-hydrogen) atoms. The molecule has 7 rings (SSSR count). The van der Waals surface area contributed by atoms with Gasteiger partial charge < -0.3 is 11.5 Å². The normalized spacial score (nSPS) is 43.0. The number of nitrogens with two attached hydrogens (primary N) is 2. The molecule has 1 aliphatic heterocycles. The lowest BCUT2D eigenvalue weighted by atomic mass is 9.33. The standard InChI is InChI=1S/C36H53N5O/c1-31(2)12-14-36(27(42)16-21-17-28(37)39-20-21)15-13-34(6)23(24(36)19-31)8-9-26-33(5)18-22-29(40-41-30(22)38)32(3,4)25(33)10-11-35(26,34)7/h8,17,24-26H,9-16,18-20H2,1-7H3,(H2,37,39)(H3,38,40,41)/t24?,25?,26?,33-,34+,35+,36-/m0/s1. The quantitative estimate of drug-likeness (QED) is 0.337. The molecule has 3 fully saturated rings. The van der Waals surface area contributed by atoms with Gasteiger partial charge in [0.1, 0.15) is 17.4 Å². The maximum absolute atomic E-state index is 14.4. The molecule has 0 saturated heterocycles. The molecule has 7 atom stereocenters. The number of carbonyl (C=O) groups is 1. The SMILES string of the molecule is CC1(C)CC[C@]2(C(=O)CC3=CC(N)=NC3)CC[C@]3(C)C(=CCC4[C@@]5(C)Cc6c(N)n[nH]c6C(C)(C)C5CC[C@]43C)C2C1. The first-order chi connectivity index (χ1) is 19.6. The van der Waals surface area contributed by atoms with Crippen LogP contribution in [0.25, 0.3) is 0 Å². The average molecular weight is 572 g/mol. The third kappa shape index (κ3) is 3.53. The highest BCUT2D eigenvalue weighted by molar-refractivity contribution is 5.96. The number of hydrogen-bond acceptors (Lipinski definition) is 5. The molecule has 3 saturated carbocycles. The molecule has 0 aromatic carbocycles. The fourth-order valence-electron chi connectivity index (χ4n) is 12.2. The van der Waals surface area contributed by atoms with Gasteiger partial charge in [0, 0.05) is 28.5 Å². The average Bonchev–Trinajstić information content (AvgIpc) is 3.48. The largest absolute Gasteiger partial charge is 0.384 e. The van der Waals surface area contributed by atoms with Crippen LogP contribution >= 0.6 is 0 Å². The number of nitrogens with one attached hydrogen (secondary N) is 1. The molecule has 0 spiro atoms. The second kappa shape index (κ2) is 8.63. The highest BCUT2D eigenvalue weighted by atomic mass is 16.1. The fraction of sp³-hybridized carbons (Fsp3) is 0.750. The van der Waals surface area contributed by atoms with Crippen LogP contribution in [0.4, 0.5) is 5.82 Å². The second-order valence-electron chi connectivity index (χ2n) is 17.4. The van der Waals surface area contributed by atoms with Gasteiger partial charge >= 0.3 is 0 Å². The van der Waals surface area contributed by atoms with E-state index in [0.29, 0.717) is 48.2 Å². The van der Waals surface area contributed by atoms with Gasteiger partial charge in [0.05, 0.1) is 6.54 Å². The number of amidine groups is 1. The monoisotopic (exact) mass is 571 g/mol. The van der Waals surface area contributed by atoms with Crippen molar-refractivity contribution in [1.29, 1.82) is 0 Å². The van der Waals surface area contributed by atoms with Gasteiger partial charge in [0.25, 0.3) is 0 Å². The van der Waals surface area contributed by atoms with E-state index in [1.165, 1.54) is 24.1 Å². The Labute approximate surface area is 252 Å². The van der Waals surface area contributed by atoms with Gasteiger partial charge in [-0.25, -0.2) is 0 Å². The number of carbonyl (C=O) groups excluding carboxylic acids is 1. The lowest BCUT2D eigenvalue weighted by molar-refractivity contribution is -0.166. The van der Waals surface area contributed by atoms with Gasteiger partial charge in [-0.1, -0.05) is 60.1 Å². The smallest absolute Gasteiger partial charge is 0.148 e. The van der Waals surface area contributed by atoms with Crippen LogP contribution in [0.15, 0.2) is 28.3 Å². The fourth-order valence-corrected chi connectivity index (χ4v) is 12.2. The number of nitrogen functional groups attached to an aromatic ring is 1. The zero-order valence-electron chi connectivity index (χ0n) is 27.1. The number of fused-ring (bicyclic) bond motifs is 8. The van der Waals surface area contributed by atoms with E-state index >= 15 is 0 Å². The number of hydrogen-bond donors (Lipinski definition) is 3. The number of anilines is 1. The molecule has 5 aliphatic carbocycles. The first-order valence-corrected chi connectivity index (χ1v) is 16.6. The molecular weight excluding hydrogens is 518 g/mol. The maximum Gasteiger partial charge on any atom is 0.148 e. The molecule has 6 heteroatoms. The van der Waals surface area contributed by atoms with Crippen LogP contribution in [0.3, 0.4) is 0 Å². The van der Waals surface area contributed by atoms with Crippen molar-refractivity contribution in [3.8, 4) is 0 Å². The molecule has 5 N–H and O–H groups in total. The summed E-state index contributed by atoms with van der Waals surface area (Å²) in [6, 6.07) is 0. The van der Waals surface area contributed by atoms with Crippen LogP contribution in [0.2, 0.25) is 0 Å². The molecule has 1 aromatic rings. The van der Waals surface area contributed by atoms with E-state index < -0.39 is 0 Å². The molecule has 0 amide bonds. The van der Waals surface area contributed by atoms with Crippen LogP contribution in [0.5, 0.6) is 0 Å². The molecule has 3 unspecified atom stereocenters. The van der Waals surface area contributed by atoms with Crippen molar-refractivity contribution in [1.82, 2.24) is 10.2 Å². The van der Waals surface area contributed by atoms with Gasteiger partial charge in [0.15, 0.2) is 0 Å². The zero-order chi connectivity index (χ0) is 30.1. The van der Waals surface area contributed by atoms with Gasteiger partial charge in [-0.15, -0.1) is 0 Å². The van der Waals surface area contributed by atoms with E-state index in [9.17, 15) is 4.79 Å². The predicted octanol–water partition coefficient (Wildman–Crippen LogP) is 7.06. The predicted molar refractivity (Wildman–Crippen MR) is 170 cm³/mol. The summed E-state index contributed by atoms with van der Waals surface area (Å²) >= 11 is 0. The summed E-state index contributed by atoms with van der Waals surface area (Å²) in [6.45, 7) is 18.1. The summed E-state index contributed by atoms with van der Waals surface area (Å²) in [5.74, 6) is 3.19. The number of aliphatic imine (C=N–C) groups is 1. The summed E-state index contributed by atoms with van der Waals surface area (Å²) in [5.41, 5.74) is 18.2. The molecule has 0 bridgehead atoms. The number of nitrogens with zero attached hydrogens (tertiary/aromatic N) is 2. The van der Waals surface area contributed by atoms with Crippen molar-refractivity contribution in [2.24, 2.45) is 55.6 Å². The minimum absolute atomic E-state index is 0.0166. The summed E-state index contributed by atoms with van der Waals surface area (Å²) in [4.78, 5) is 18.8. The van der Waals surface area contributed by atoms with Crippen LogP contribution in [0, 0.1) is 44.8 Å². The Kier molecular flexibility index (Phi) is 5.83. The summed E-state index contributed by atoms with van der Waals surface area (Å²) in [5, 5.41) is 7.84. The van der Waals surface area contributed by atoms with Crippen LogP contribution < -0.4 is 11.5 Å². The van der Waals surface area contributed by atoms with Crippen molar-refractivity contribution in [3.05, 3.63) is 34.6 Å². The molecule has 0 radical (unpaired) electrons. The lowest BCUT2D eigenvalue weighted by Crippen LogP contribution is -2.64. The van der Waals surface area contributed by atoms with Gasteiger partial charge in [-0.3, -0.25) is 14.9 Å². The van der Waals surface area contributed by atoms with Crippen molar-refractivity contribution in [2.45, 2.75) is 118 Å². The molecule has 6 nitrogen and oxygen atoms in total. The Bertz CT molecular complexity index is 1440. The third-order valence-electron chi connectivity index (χ3n) is 14.6. The van der Waals surface area contributed by atoms with Crippen molar-refractivity contribution in [2.75, 3.05) is 12.3 Å². The van der Waals surface area contributed by atoms with E-state index in [1.807, 2.05) is 6.08 Å². The number of allylic oxidation sites excluding steroid dienone is 2. The van der Waals surface area contributed by atoms with E-state index in [0.717, 1.165) is 50.5 Å². The van der Waals surface area contributed by atoms with Gasteiger partial charge in [0.2, 0.25) is 0 Å². The highest BCUT2D eigenvalue weighted by Crippen LogP contribution is 2.75. The molecule has 1 aromatic heterocycles. The van der Waals surface area contributed by atoms with Crippen LogP contribution in [-0.2, 0) is 16.6 Å². The first-order valence-electron chi connectivity index (χ1n) is 16.6. The zero-order valence-corrected chi connectivity index (χ0v) is 27.1. The molecule has 6 aliphatic rings. The van der Waals surface area contributed by atoms with E-state index in [-0.39, 0.29) is 32.5 Å². The Morgan fingerprint density at radius 1 is 1.00 bits per heavy atom. The first kappa shape index (κ1) is 28.4. The van der Waals surface area contributed by atoms with Crippen LogP contribution in [-0.4, -0.2) is 28.4 Å². The van der Waals surface area contributed by atoms with Gasteiger partial charge in [-0.05, 0) is 109 Å². The van der Waals surface area contributed by atoms with Crippen molar-refractivity contribution in [3.63, 3.8) is 0 Å². The topological polar surface area (TPSA) is 110 Å². The van der Waals surface area contributed by atoms with E-state index in [4.69, 9.17) is 11.5 Å². The summed E-state index contributed by atoms with van der Waals surface area (Å²) in [7, 11) is 0. The second-order valence-corrected chi connectivity index (χ2v) is 17.4. The molecular formula is C36H53N5O. The minimum Gasteiger partial charge on any atom is -0.384 e. The number of rotatable bonds is 3. The van der Waals surface area contributed by atoms with E-state index in [1.54, 1.807) is 5.57 Å². The Morgan fingerprint density at radius 3 is 2.45 bits per heavy atom.